The van der Waals surface area contributed by atoms with Crippen LogP contribution in [0.2, 0.25) is 0 Å². The van der Waals surface area contributed by atoms with Gasteiger partial charge in [0, 0.05) is 18.0 Å². The smallest absolute Gasteiger partial charge is 0.173 e. The molecule has 0 aliphatic carbocycles. The lowest BCUT2D eigenvalue weighted by molar-refractivity contribution is 0.474. The third kappa shape index (κ3) is 2.84. The van der Waals surface area contributed by atoms with Crippen molar-refractivity contribution in [2.75, 3.05) is 5.75 Å². The van der Waals surface area contributed by atoms with Gasteiger partial charge in [0.25, 0.3) is 0 Å². The Labute approximate surface area is 94.5 Å². The lowest BCUT2D eigenvalue weighted by atomic mass is 10.2. The van der Waals surface area contributed by atoms with E-state index in [1.165, 1.54) is 5.41 Å². The molecule has 0 bridgehead atoms. The zero-order chi connectivity index (χ0) is 11.6. The van der Waals surface area contributed by atoms with E-state index in [0.29, 0.717) is 6.54 Å². The highest BCUT2D eigenvalue weighted by Gasteiger charge is 2.20. The summed E-state index contributed by atoms with van der Waals surface area (Å²) in [5, 5.41) is 13.6. The lowest BCUT2D eigenvalue weighted by Gasteiger charge is -2.09. The van der Waals surface area contributed by atoms with Gasteiger partial charge in [-0.05, 0) is 17.7 Å². The molecule has 0 saturated carbocycles. The number of phenolic OH excluding ortho intramolecular Hbond substituents is 1. The maximum atomic E-state index is 11.1. The van der Waals surface area contributed by atoms with Crippen LogP contribution in [0.1, 0.15) is 5.56 Å². The van der Waals surface area contributed by atoms with Crippen LogP contribution in [0.15, 0.2) is 35.7 Å². The number of sulfone groups is 1. The van der Waals surface area contributed by atoms with Gasteiger partial charge in [-0.25, -0.2) is 8.42 Å². The third-order valence-corrected chi connectivity index (χ3v) is 3.80. The van der Waals surface area contributed by atoms with Gasteiger partial charge in [0.15, 0.2) is 9.84 Å². The molecule has 2 rings (SSSR count). The molecular formula is C11H13NO3S. The number of aromatic hydroxyl groups is 1. The van der Waals surface area contributed by atoms with Crippen molar-refractivity contribution < 1.29 is 13.5 Å². The predicted molar refractivity (Wildman–Crippen MR) is 61.7 cm³/mol. The Bertz CT molecular complexity index is 508. The molecule has 1 heterocycles. The topological polar surface area (TPSA) is 66.4 Å². The van der Waals surface area contributed by atoms with Crippen LogP contribution in [0.5, 0.6) is 5.75 Å². The first-order valence-corrected chi connectivity index (χ1v) is 6.69. The Hall–Kier alpha value is -1.33. The first-order valence-electron chi connectivity index (χ1n) is 4.97. The molecule has 86 valence electrons. The minimum absolute atomic E-state index is 0.117. The fraction of sp³-hybridized carbons (Fsp3) is 0.273. The van der Waals surface area contributed by atoms with Gasteiger partial charge < -0.3 is 10.4 Å². The second kappa shape index (κ2) is 4.27. The van der Waals surface area contributed by atoms with Crippen molar-refractivity contribution in [3.63, 3.8) is 0 Å². The number of hydrogen-bond acceptors (Lipinski definition) is 4. The summed E-state index contributed by atoms with van der Waals surface area (Å²) >= 11 is 0. The second-order valence-electron chi connectivity index (χ2n) is 3.82. The van der Waals surface area contributed by atoms with E-state index in [-0.39, 0.29) is 17.5 Å². The van der Waals surface area contributed by atoms with Gasteiger partial charge in [-0.2, -0.15) is 0 Å². The van der Waals surface area contributed by atoms with Crippen LogP contribution < -0.4 is 5.32 Å². The fourth-order valence-corrected chi connectivity index (χ4v) is 2.89. The van der Waals surface area contributed by atoms with Gasteiger partial charge in [-0.1, -0.05) is 18.2 Å². The van der Waals surface area contributed by atoms with E-state index in [0.717, 1.165) is 5.56 Å². The Morgan fingerprint density at radius 3 is 2.88 bits per heavy atom. The molecule has 1 aromatic rings. The summed E-state index contributed by atoms with van der Waals surface area (Å²) in [4.78, 5) is 0. The van der Waals surface area contributed by atoms with E-state index < -0.39 is 9.84 Å². The molecule has 1 aromatic carbocycles. The number of hydrogen-bond donors (Lipinski definition) is 2. The predicted octanol–water partition coefficient (Wildman–Crippen LogP) is 0.792. The van der Waals surface area contributed by atoms with Crippen molar-refractivity contribution in [1.29, 1.82) is 0 Å². The summed E-state index contributed by atoms with van der Waals surface area (Å²) in [6.45, 7) is 0.541. The third-order valence-electron chi connectivity index (χ3n) is 2.41. The van der Waals surface area contributed by atoms with E-state index in [2.05, 4.69) is 5.32 Å². The van der Waals surface area contributed by atoms with Crippen molar-refractivity contribution in [2.24, 2.45) is 0 Å². The highest BCUT2D eigenvalue weighted by atomic mass is 32.2. The van der Waals surface area contributed by atoms with Crippen LogP contribution in [-0.2, 0) is 16.4 Å². The average molecular weight is 239 g/mol. The maximum Gasteiger partial charge on any atom is 0.173 e. The summed E-state index contributed by atoms with van der Waals surface area (Å²) in [5.41, 5.74) is 0.928. The first-order chi connectivity index (χ1) is 7.55. The molecule has 0 fully saturated rings. The van der Waals surface area contributed by atoms with Gasteiger partial charge in [-0.3, -0.25) is 0 Å². The zero-order valence-electron chi connectivity index (χ0n) is 8.63. The van der Waals surface area contributed by atoms with Gasteiger partial charge in [0.05, 0.1) is 5.75 Å². The van der Waals surface area contributed by atoms with Gasteiger partial charge >= 0.3 is 0 Å². The fourth-order valence-electron chi connectivity index (χ4n) is 1.62. The van der Waals surface area contributed by atoms with E-state index >= 15 is 0 Å². The van der Waals surface area contributed by atoms with Crippen molar-refractivity contribution in [3.8, 4) is 5.75 Å². The van der Waals surface area contributed by atoms with E-state index in [1.807, 2.05) is 6.07 Å². The van der Waals surface area contributed by atoms with Crippen LogP contribution in [0.3, 0.4) is 0 Å². The van der Waals surface area contributed by atoms with Crippen LogP contribution in [0, 0.1) is 0 Å². The summed E-state index contributed by atoms with van der Waals surface area (Å²) in [7, 11) is -3.00. The molecule has 0 radical (unpaired) electrons. The normalized spacial score (nSPS) is 22.4. The molecule has 1 unspecified atom stereocenters. The molecule has 0 saturated heterocycles. The minimum Gasteiger partial charge on any atom is -0.508 e. The van der Waals surface area contributed by atoms with Crippen molar-refractivity contribution in [2.45, 2.75) is 12.6 Å². The minimum atomic E-state index is -3.00. The quantitative estimate of drug-likeness (QED) is 0.818. The molecule has 0 spiro atoms. The van der Waals surface area contributed by atoms with Crippen LogP contribution in [0.25, 0.3) is 0 Å². The highest BCUT2D eigenvalue weighted by molar-refractivity contribution is 7.94. The summed E-state index contributed by atoms with van der Waals surface area (Å²) in [6.07, 6.45) is 1.65. The van der Waals surface area contributed by atoms with E-state index in [1.54, 1.807) is 24.3 Å². The first kappa shape index (κ1) is 11.2. The number of nitrogens with one attached hydrogen (secondary N) is 1. The number of phenols is 1. The number of benzene rings is 1. The van der Waals surface area contributed by atoms with Crippen molar-refractivity contribution >= 4 is 9.84 Å². The molecular weight excluding hydrogens is 226 g/mol. The SMILES string of the molecule is O=S1(=O)C=CC(NCc2cccc(O)c2)C1. The van der Waals surface area contributed by atoms with Gasteiger partial charge in [-0.15, -0.1) is 0 Å². The summed E-state index contributed by atoms with van der Waals surface area (Å²) in [6, 6.07) is 6.75. The van der Waals surface area contributed by atoms with Gasteiger partial charge in [0.1, 0.15) is 5.75 Å². The Morgan fingerprint density at radius 1 is 1.44 bits per heavy atom. The standard InChI is InChI=1S/C11H13NO3S/c13-11-3-1-2-9(6-11)7-12-10-4-5-16(14,15)8-10/h1-6,10,12-13H,7-8H2. The molecule has 5 heteroatoms. The zero-order valence-corrected chi connectivity index (χ0v) is 9.44. The average Bonchev–Trinajstić information content (AvgIpc) is 2.56. The molecule has 0 aromatic heterocycles. The largest absolute Gasteiger partial charge is 0.508 e. The molecule has 1 aliphatic heterocycles. The van der Waals surface area contributed by atoms with Gasteiger partial charge in [0.2, 0.25) is 0 Å². The maximum absolute atomic E-state index is 11.1. The van der Waals surface area contributed by atoms with Crippen molar-refractivity contribution in [3.05, 3.63) is 41.3 Å². The molecule has 2 N–H and O–H groups in total. The Morgan fingerprint density at radius 2 is 2.25 bits per heavy atom. The second-order valence-corrected chi connectivity index (χ2v) is 5.75. The van der Waals surface area contributed by atoms with E-state index in [4.69, 9.17) is 0 Å². The Kier molecular flexibility index (Phi) is 2.98. The van der Waals surface area contributed by atoms with Crippen LogP contribution in [0.4, 0.5) is 0 Å². The molecule has 1 aliphatic rings. The summed E-state index contributed by atoms with van der Waals surface area (Å²) in [5.74, 6) is 0.333. The highest BCUT2D eigenvalue weighted by Crippen LogP contribution is 2.12. The summed E-state index contributed by atoms with van der Waals surface area (Å²) < 4.78 is 22.3. The van der Waals surface area contributed by atoms with Crippen molar-refractivity contribution in [1.82, 2.24) is 5.32 Å². The molecule has 0 amide bonds. The monoisotopic (exact) mass is 239 g/mol. The number of rotatable bonds is 3. The Balaban J connectivity index is 1.92. The lowest BCUT2D eigenvalue weighted by Crippen LogP contribution is -2.29. The van der Waals surface area contributed by atoms with E-state index in [9.17, 15) is 13.5 Å². The van der Waals surface area contributed by atoms with Crippen LogP contribution >= 0.6 is 0 Å². The van der Waals surface area contributed by atoms with Crippen LogP contribution in [-0.4, -0.2) is 25.3 Å². The molecule has 16 heavy (non-hydrogen) atoms. The molecule has 4 nitrogen and oxygen atoms in total. The molecule has 1 atom stereocenters.